The summed E-state index contributed by atoms with van der Waals surface area (Å²) in [6.45, 7) is 16.3. The summed E-state index contributed by atoms with van der Waals surface area (Å²) >= 11 is 1.61. The molecule has 0 unspecified atom stereocenters. The second-order valence-electron chi connectivity index (χ2n) is 17.3. The van der Waals surface area contributed by atoms with Crippen molar-refractivity contribution >= 4 is 47.7 Å². The number of nitrogens with zero attached hydrogens (tertiary/aromatic N) is 4. The van der Waals surface area contributed by atoms with E-state index >= 15 is 4.79 Å². The summed E-state index contributed by atoms with van der Waals surface area (Å²) in [7, 11) is -3.02. The van der Waals surface area contributed by atoms with Crippen molar-refractivity contribution in [1.82, 2.24) is 20.4 Å². The number of hydrogen-bond donors (Lipinski definition) is 2. The lowest BCUT2D eigenvalue weighted by molar-refractivity contribution is -0.141. The average Bonchev–Trinajstić information content (AvgIpc) is 3.98. The van der Waals surface area contributed by atoms with E-state index in [0.29, 0.717) is 43.9 Å². The molecule has 3 aromatic carbocycles. The molecular formula is C46H57N5O5SSi. The molecule has 0 radical (unpaired) electrons. The van der Waals surface area contributed by atoms with E-state index in [2.05, 4.69) is 102 Å². The first-order valence-corrected chi connectivity index (χ1v) is 23.4. The Hall–Kier alpha value is -4.62. The second kappa shape index (κ2) is 17.3. The number of carbonyl (C=O) groups is 2. The summed E-state index contributed by atoms with van der Waals surface area (Å²) in [6, 6.07) is 30.0. The van der Waals surface area contributed by atoms with Crippen LogP contribution >= 0.6 is 11.3 Å². The van der Waals surface area contributed by atoms with Crippen LogP contribution in [0.4, 0.5) is 5.82 Å². The Labute approximate surface area is 347 Å². The SMILES string of the molecule is Cc1ncsc1-c1ccc([C@H](C)NC(=O)[C@@H]2C[C@@H](O[Si](c3ccccc3)(c3ccccc3)C(C)(C)C)CN2C(=O)[C@H](c2cc(N3CCC(O)CC3)no2)C(C)C)cc1. The Morgan fingerprint density at radius 3 is 2.12 bits per heavy atom. The van der Waals surface area contributed by atoms with Gasteiger partial charge in [-0.1, -0.05) is 125 Å². The van der Waals surface area contributed by atoms with Crippen molar-refractivity contribution in [2.75, 3.05) is 24.5 Å². The summed E-state index contributed by atoms with van der Waals surface area (Å²) < 4.78 is 13.5. The van der Waals surface area contributed by atoms with Gasteiger partial charge in [-0.2, -0.15) is 0 Å². The number of carbonyl (C=O) groups excluding carboxylic acids is 2. The molecule has 0 aliphatic carbocycles. The third-order valence-electron chi connectivity index (χ3n) is 11.9. The van der Waals surface area contributed by atoms with Crippen molar-refractivity contribution in [3.05, 3.63) is 114 Å². The minimum Gasteiger partial charge on any atom is -0.403 e. The number of aromatic nitrogens is 2. The van der Waals surface area contributed by atoms with Gasteiger partial charge in [-0.15, -0.1) is 11.3 Å². The number of thiazole rings is 1. The number of amides is 2. The summed E-state index contributed by atoms with van der Waals surface area (Å²) in [5.74, 6) is -0.0763. The van der Waals surface area contributed by atoms with E-state index in [-0.39, 0.29) is 41.5 Å². The van der Waals surface area contributed by atoms with E-state index in [9.17, 15) is 9.90 Å². The third kappa shape index (κ3) is 8.43. The van der Waals surface area contributed by atoms with Crippen LogP contribution in [0.5, 0.6) is 0 Å². The highest BCUT2D eigenvalue weighted by Crippen LogP contribution is 2.40. The molecule has 4 heterocycles. The Morgan fingerprint density at radius 2 is 1.57 bits per heavy atom. The molecule has 2 fully saturated rings. The predicted molar refractivity (Wildman–Crippen MR) is 233 cm³/mol. The lowest BCUT2D eigenvalue weighted by Gasteiger charge is -2.44. The van der Waals surface area contributed by atoms with Crippen molar-refractivity contribution in [1.29, 1.82) is 0 Å². The number of aliphatic hydroxyl groups is 1. The molecule has 2 aliphatic heterocycles. The van der Waals surface area contributed by atoms with E-state index in [0.717, 1.165) is 32.1 Å². The minimum absolute atomic E-state index is 0.142. The molecule has 306 valence electrons. The van der Waals surface area contributed by atoms with Gasteiger partial charge in [0.15, 0.2) is 11.6 Å². The van der Waals surface area contributed by atoms with Crippen LogP contribution in [0.25, 0.3) is 10.4 Å². The van der Waals surface area contributed by atoms with Crippen LogP contribution in [-0.2, 0) is 14.0 Å². The largest absolute Gasteiger partial charge is 0.403 e. The smallest absolute Gasteiger partial charge is 0.261 e. The van der Waals surface area contributed by atoms with Gasteiger partial charge in [-0.25, -0.2) is 4.98 Å². The van der Waals surface area contributed by atoms with E-state index in [1.165, 1.54) is 0 Å². The van der Waals surface area contributed by atoms with Gasteiger partial charge in [-0.05, 0) is 59.1 Å². The Balaban J connectivity index is 1.21. The number of anilines is 1. The van der Waals surface area contributed by atoms with Crippen molar-refractivity contribution in [3.8, 4) is 10.4 Å². The molecule has 0 saturated carbocycles. The predicted octanol–water partition coefficient (Wildman–Crippen LogP) is 7.23. The molecule has 10 nitrogen and oxygen atoms in total. The zero-order chi connectivity index (χ0) is 41.2. The fourth-order valence-electron chi connectivity index (χ4n) is 8.80. The summed E-state index contributed by atoms with van der Waals surface area (Å²) in [5, 5.41) is 19.7. The molecule has 2 aliphatic rings. The highest BCUT2D eigenvalue weighted by Gasteiger charge is 2.54. The highest BCUT2D eigenvalue weighted by atomic mass is 32.1. The van der Waals surface area contributed by atoms with Crippen molar-refractivity contribution in [3.63, 3.8) is 0 Å². The van der Waals surface area contributed by atoms with Crippen molar-refractivity contribution in [2.24, 2.45) is 5.92 Å². The Bertz CT molecular complexity index is 2100. The maximum Gasteiger partial charge on any atom is 0.261 e. The molecule has 5 aromatic rings. The molecule has 2 aromatic heterocycles. The van der Waals surface area contributed by atoms with Crippen molar-refractivity contribution < 1.29 is 23.6 Å². The summed E-state index contributed by atoms with van der Waals surface area (Å²) in [4.78, 5) is 39.1. The minimum atomic E-state index is -3.02. The lowest BCUT2D eigenvalue weighted by Crippen LogP contribution is -2.67. The summed E-state index contributed by atoms with van der Waals surface area (Å²) in [6.07, 6.45) is 0.919. The highest BCUT2D eigenvalue weighted by molar-refractivity contribution is 7.13. The topological polar surface area (TPSA) is 121 Å². The van der Waals surface area contributed by atoms with Crippen LogP contribution in [0.3, 0.4) is 0 Å². The number of piperidine rings is 1. The molecule has 12 heteroatoms. The molecule has 2 amide bonds. The average molecular weight is 820 g/mol. The molecule has 58 heavy (non-hydrogen) atoms. The number of rotatable bonds is 12. The van der Waals surface area contributed by atoms with E-state index < -0.39 is 26.4 Å². The molecule has 2 N–H and O–H groups in total. The maximum atomic E-state index is 15.1. The van der Waals surface area contributed by atoms with Gasteiger partial charge < -0.3 is 29.2 Å². The first-order chi connectivity index (χ1) is 27.8. The van der Waals surface area contributed by atoms with E-state index in [1.807, 2.05) is 63.5 Å². The number of benzene rings is 3. The lowest BCUT2D eigenvalue weighted by atomic mass is 9.91. The number of aliphatic hydroxyl groups excluding tert-OH is 1. The van der Waals surface area contributed by atoms with Gasteiger partial charge in [0.25, 0.3) is 8.32 Å². The molecule has 7 rings (SSSR count). The molecule has 4 atom stereocenters. The van der Waals surface area contributed by atoms with Gasteiger partial charge in [-0.3, -0.25) is 9.59 Å². The van der Waals surface area contributed by atoms with Gasteiger partial charge in [0.2, 0.25) is 11.8 Å². The Kier molecular flexibility index (Phi) is 12.4. The standard InChI is InChI=1S/C46H57N5O5SSi/c1-30(2)42(40-27-41(49-55-40)50-24-22-35(52)23-25-50)45(54)51-28-36(56-58(46(5,6)7,37-14-10-8-11-15-37)38-16-12-9-13-17-38)26-39(51)44(53)48-31(3)33-18-20-34(21-19-33)43-32(4)47-29-57-43/h8-21,27,29-31,35-36,39,42,52H,22-26,28H2,1-7H3,(H,48,53)/t31-,36+,39-,42-/m0/s1. The normalized spacial score (nSPS) is 19.1. The van der Waals surface area contributed by atoms with Crippen LogP contribution in [0.2, 0.25) is 5.04 Å². The zero-order valence-electron chi connectivity index (χ0n) is 34.7. The van der Waals surface area contributed by atoms with Gasteiger partial charge >= 0.3 is 0 Å². The fourth-order valence-corrected chi connectivity index (χ4v) is 14.3. The number of hydrogen-bond acceptors (Lipinski definition) is 9. The molecular weight excluding hydrogens is 763 g/mol. The Morgan fingerprint density at radius 1 is 0.948 bits per heavy atom. The maximum absolute atomic E-state index is 15.1. The molecule has 0 bridgehead atoms. The van der Waals surface area contributed by atoms with Gasteiger partial charge in [0.1, 0.15) is 12.0 Å². The number of aryl methyl sites for hydroxylation is 1. The molecule has 2 saturated heterocycles. The van der Waals surface area contributed by atoms with Crippen LogP contribution in [0.15, 0.2) is 101 Å². The quantitative estimate of drug-likeness (QED) is 0.127. The van der Waals surface area contributed by atoms with E-state index in [1.54, 1.807) is 16.2 Å². The fraction of sp³-hybridized carbons (Fsp3) is 0.435. The monoisotopic (exact) mass is 819 g/mol. The number of nitrogens with one attached hydrogen (secondary N) is 1. The third-order valence-corrected chi connectivity index (χ3v) is 18.0. The zero-order valence-corrected chi connectivity index (χ0v) is 36.5. The van der Waals surface area contributed by atoms with Crippen LogP contribution < -0.4 is 20.6 Å². The van der Waals surface area contributed by atoms with Crippen LogP contribution in [0.1, 0.15) is 89.8 Å². The first kappa shape index (κ1) is 41.5. The molecule has 0 spiro atoms. The van der Waals surface area contributed by atoms with Crippen LogP contribution in [0, 0.1) is 12.8 Å². The van der Waals surface area contributed by atoms with Gasteiger partial charge in [0.05, 0.1) is 34.3 Å². The first-order valence-electron chi connectivity index (χ1n) is 20.6. The second-order valence-corrected chi connectivity index (χ2v) is 22.4. The van der Waals surface area contributed by atoms with E-state index in [4.69, 9.17) is 8.95 Å². The summed E-state index contributed by atoms with van der Waals surface area (Å²) in [5.41, 5.74) is 4.90. The number of likely N-dealkylation sites (tertiary alicyclic amines) is 1. The van der Waals surface area contributed by atoms with Crippen molar-refractivity contribution in [2.45, 2.75) is 103 Å². The van der Waals surface area contributed by atoms with Crippen LogP contribution in [-0.4, -0.2) is 78.2 Å². The van der Waals surface area contributed by atoms with Gasteiger partial charge in [0, 0.05) is 32.1 Å².